The van der Waals surface area contributed by atoms with E-state index < -0.39 is 0 Å². The van der Waals surface area contributed by atoms with Crippen LogP contribution in [0.4, 0.5) is 0 Å². The average Bonchev–Trinajstić information content (AvgIpc) is 2.04. The number of rotatable bonds is 0. The zero-order chi connectivity index (χ0) is 7.68. The average molecular weight is 156 g/mol. The van der Waals surface area contributed by atoms with Gasteiger partial charge in [0.05, 0.1) is 19.2 Å². The number of carbonyl (C=O) groups is 1. The van der Waals surface area contributed by atoms with Crippen LogP contribution in [0.15, 0.2) is 0 Å². The van der Waals surface area contributed by atoms with Gasteiger partial charge in [0, 0.05) is 12.6 Å². The van der Waals surface area contributed by atoms with Crippen LogP contribution in [0.1, 0.15) is 6.42 Å². The van der Waals surface area contributed by atoms with Crippen molar-refractivity contribution < 1.29 is 9.53 Å². The van der Waals surface area contributed by atoms with Crippen LogP contribution in [-0.4, -0.2) is 37.7 Å². The zero-order valence-corrected chi connectivity index (χ0v) is 6.30. The summed E-state index contributed by atoms with van der Waals surface area (Å²) in [6, 6.07) is 0.631. The number of nitrogens with one attached hydrogen (secondary N) is 2. The second kappa shape index (κ2) is 2.79. The second-order valence-corrected chi connectivity index (χ2v) is 3.02. The lowest BCUT2D eigenvalue weighted by atomic mass is 10.0. The van der Waals surface area contributed by atoms with Crippen molar-refractivity contribution in [2.45, 2.75) is 18.5 Å². The maximum atomic E-state index is 10.9. The summed E-state index contributed by atoms with van der Waals surface area (Å²) in [4.78, 5) is 10.9. The van der Waals surface area contributed by atoms with E-state index in [4.69, 9.17) is 4.74 Å². The van der Waals surface area contributed by atoms with E-state index in [0.717, 1.165) is 19.6 Å². The van der Waals surface area contributed by atoms with E-state index in [-0.39, 0.29) is 5.91 Å². The molecule has 11 heavy (non-hydrogen) atoms. The molecule has 2 atom stereocenters. The molecule has 2 aliphatic rings. The fourth-order valence-corrected chi connectivity index (χ4v) is 1.59. The van der Waals surface area contributed by atoms with Crippen molar-refractivity contribution in [1.82, 2.24) is 10.6 Å². The van der Waals surface area contributed by atoms with E-state index in [1.807, 2.05) is 0 Å². The monoisotopic (exact) mass is 156 g/mol. The minimum Gasteiger partial charge on any atom is -0.380 e. The molecule has 1 amide bonds. The Morgan fingerprint density at radius 2 is 2.36 bits per heavy atom. The molecule has 0 radical (unpaired) electrons. The minimum absolute atomic E-state index is 0.105. The highest BCUT2D eigenvalue weighted by Crippen LogP contribution is 2.09. The molecule has 4 heteroatoms. The zero-order valence-electron chi connectivity index (χ0n) is 6.30. The molecule has 2 heterocycles. The SMILES string of the molecule is O=C1CNC2COCCC2N1. The summed E-state index contributed by atoms with van der Waals surface area (Å²) in [5.74, 6) is 0.105. The molecule has 2 fully saturated rings. The number of amides is 1. The predicted octanol–water partition coefficient (Wildman–Crippen LogP) is -1.14. The van der Waals surface area contributed by atoms with Crippen molar-refractivity contribution in [3.05, 3.63) is 0 Å². The molecule has 62 valence electrons. The molecule has 2 N–H and O–H groups in total. The third-order valence-corrected chi connectivity index (χ3v) is 2.23. The van der Waals surface area contributed by atoms with Crippen LogP contribution in [0.5, 0.6) is 0 Å². The number of hydrogen-bond acceptors (Lipinski definition) is 3. The Labute approximate surface area is 65.3 Å². The van der Waals surface area contributed by atoms with Crippen molar-refractivity contribution in [1.29, 1.82) is 0 Å². The van der Waals surface area contributed by atoms with Crippen molar-refractivity contribution in [2.75, 3.05) is 19.8 Å². The number of fused-ring (bicyclic) bond motifs is 1. The molecule has 2 aliphatic heterocycles. The lowest BCUT2D eigenvalue weighted by molar-refractivity contribution is -0.124. The second-order valence-electron chi connectivity index (χ2n) is 3.02. The summed E-state index contributed by atoms with van der Waals surface area (Å²) in [5.41, 5.74) is 0. The lowest BCUT2D eigenvalue weighted by Gasteiger charge is -2.36. The van der Waals surface area contributed by atoms with Gasteiger partial charge in [-0.2, -0.15) is 0 Å². The molecular formula is C7H12N2O2. The first kappa shape index (κ1) is 7.06. The molecule has 2 rings (SSSR count). The van der Waals surface area contributed by atoms with Gasteiger partial charge >= 0.3 is 0 Å². The van der Waals surface area contributed by atoms with Crippen LogP contribution in [0.25, 0.3) is 0 Å². The molecule has 2 saturated heterocycles. The van der Waals surface area contributed by atoms with Gasteiger partial charge in [0.1, 0.15) is 0 Å². The van der Waals surface area contributed by atoms with Gasteiger partial charge in [-0.3, -0.25) is 4.79 Å². The Bertz CT molecular complexity index is 172. The van der Waals surface area contributed by atoms with Gasteiger partial charge in [0.25, 0.3) is 0 Å². The van der Waals surface area contributed by atoms with E-state index in [2.05, 4.69) is 10.6 Å². The van der Waals surface area contributed by atoms with Crippen molar-refractivity contribution >= 4 is 5.91 Å². The molecule has 0 aromatic carbocycles. The topological polar surface area (TPSA) is 50.4 Å². The van der Waals surface area contributed by atoms with E-state index in [0.29, 0.717) is 18.6 Å². The number of hydrogen-bond donors (Lipinski definition) is 2. The maximum Gasteiger partial charge on any atom is 0.234 e. The number of piperazine rings is 1. The van der Waals surface area contributed by atoms with E-state index >= 15 is 0 Å². The molecule has 0 bridgehead atoms. The highest BCUT2D eigenvalue weighted by Gasteiger charge is 2.30. The van der Waals surface area contributed by atoms with Crippen LogP contribution >= 0.6 is 0 Å². The van der Waals surface area contributed by atoms with Gasteiger partial charge in [-0.1, -0.05) is 0 Å². The van der Waals surface area contributed by atoms with Crippen molar-refractivity contribution in [3.8, 4) is 0 Å². The van der Waals surface area contributed by atoms with Crippen LogP contribution in [0.2, 0.25) is 0 Å². The van der Waals surface area contributed by atoms with Gasteiger partial charge < -0.3 is 15.4 Å². The fourth-order valence-electron chi connectivity index (χ4n) is 1.59. The molecule has 0 aromatic heterocycles. The number of ether oxygens (including phenoxy) is 1. The third-order valence-electron chi connectivity index (χ3n) is 2.23. The van der Waals surface area contributed by atoms with Gasteiger partial charge in [-0.25, -0.2) is 0 Å². The van der Waals surface area contributed by atoms with Gasteiger partial charge in [0.15, 0.2) is 0 Å². The smallest absolute Gasteiger partial charge is 0.234 e. The molecule has 4 nitrogen and oxygen atoms in total. The Morgan fingerprint density at radius 1 is 1.45 bits per heavy atom. The van der Waals surface area contributed by atoms with E-state index in [9.17, 15) is 4.79 Å². The van der Waals surface area contributed by atoms with Crippen LogP contribution in [0, 0.1) is 0 Å². The largest absolute Gasteiger partial charge is 0.380 e. The molecule has 2 unspecified atom stereocenters. The summed E-state index contributed by atoms with van der Waals surface area (Å²) in [7, 11) is 0. The third kappa shape index (κ3) is 1.36. The normalized spacial score (nSPS) is 37.6. The highest BCUT2D eigenvalue weighted by molar-refractivity contribution is 5.79. The summed E-state index contributed by atoms with van der Waals surface area (Å²) in [6.07, 6.45) is 0.934. The lowest BCUT2D eigenvalue weighted by Crippen LogP contribution is -2.62. The first-order chi connectivity index (χ1) is 5.36. The molecule has 0 saturated carbocycles. The first-order valence-corrected chi connectivity index (χ1v) is 3.97. The summed E-state index contributed by atoms with van der Waals surface area (Å²) in [5, 5.41) is 6.07. The molecular weight excluding hydrogens is 144 g/mol. The Hall–Kier alpha value is -0.610. The first-order valence-electron chi connectivity index (χ1n) is 3.97. The quantitative estimate of drug-likeness (QED) is 0.466. The number of carbonyl (C=O) groups excluding carboxylic acids is 1. The van der Waals surface area contributed by atoms with Crippen molar-refractivity contribution in [2.24, 2.45) is 0 Å². The molecule has 0 aliphatic carbocycles. The van der Waals surface area contributed by atoms with Gasteiger partial charge in [-0.05, 0) is 6.42 Å². The minimum atomic E-state index is 0.105. The Morgan fingerprint density at radius 3 is 3.27 bits per heavy atom. The van der Waals surface area contributed by atoms with Crippen LogP contribution < -0.4 is 10.6 Å². The summed E-state index contributed by atoms with van der Waals surface area (Å²) < 4.78 is 5.26. The Kier molecular flexibility index (Phi) is 1.79. The van der Waals surface area contributed by atoms with Gasteiger partial charge in [0.2, 0.25) is 5.91 Å². The Balaban J connectivity index is 1.98. The summed E-state index contributed by atoms with van der Waals surface area (Å²) >= 11 is 0. The fraction of sp³-hybridized carbons (Fsp3) is 0.857. The highest BCUT2D eigenvalue weighted by atomic mass is 16.5. The van der Waals surface area contributed by atoms with Crippen molar-refractivity contribution in [3.63, 3.8) is 0 Å². The van der Waals surface area contributed by atoms with E-state index in [1.54, 1.807) is 0 Å². The molecule has 0 spiro atoms. The standard InChI is InChI=1S/C7H12N2O2/c10-7-3-8-6-4-11-2-1-5(6)9-7/h5-6,8H,1-4H2,(H,9,10). The maximum absolute atomic E-state index is 10.9. The van der Waals surface area contributed by atoms with Crippen LogP contribution in [-0.2, 0) is 9.53 Å². The van der Waals surface area contributed by atoms with E-state index in [1.165, 1.54) is 0 Å². The summed E-state index contributed by atoms with van der Waals surface area (Å²) in [6.45, 7) is 1.93. The molecule has 0 aromatic rings. The predicted molar refractivity (Wildman–Crippen MR) is 39.2 cm³/mol. The van der Waals surface area contributed by atoms with Crippen LogP contribution in [0.3, 0.4) is 0 Å². The van der Waals surface area contributed by atoms with Gasteiger partial charge in [-0.15, -0.1) is 0 Å².